The molecule has 0 bridgehead atoms. The summed E-state index contributed by atoms with van der Waals surface area (Å²) >= 11 is 11.8. The summed E-state index contributed by atoms with van der Waals surface area (Å²) in [6.45, 7) is 3.72. The second kappa shape index (κ2) is 9.41. The van der Waals surface area contributed by atoms with Crippen molar-refractivity contribution in [1.29, 1.82) is 0 Å². The number of ether oxygens (including phenoxy) is 1. The minimum absolute atomic E-state index is 0.0514. The van der Waals surface area contributed by atoms with E-state index in [1.54, 1.807) is 12.1 Å². The molecule has 146 valence electrons. The monoisotopic (exact) mass is 430 g/mol. The van der Waals surface area contributed by atoms with Crippen molar-refractivity contribution < 1.29 is 17.9 Å². The van der Waals surface area contributed by atoms with E-state index in [-0.39, 0.29) is 30.5 Å². The van der Waals surface area contributed by atoms with Gasteiger partial charge in [0.05, 0.1) is 4.90 Å². The molecule has 0 spiro atoms. The molecule has 9 heteroatoms. The number of hydrogen-bond donors (Lipinski definition) is 2. The van der Waals surface area contributed by atoms with Gasteiger partial charge in [-0.2, -0.15) is 0 Å². The van der Waals surface area contributed by atoms with Crippen LogP contribution in [0.15, 0.2) is 41.3 Å². The van der Waals surface area contributed by atoms with Gasteiger partial charge in [0.25, 0.3) is 5.91 Å². The van der Waals surface area contributed by atoms with Crippen LogP contribution in [0.3, 0.4) is 0 Å². The summed E-state index contributed by atoms with van der Waals surface area (Å²) in [6, 6.07) is 9.32. The van der Waals surface area contributed by atoms with Crippen LogP contribution in [-0.2, 0) is 14.8 Å². The molecule has 0 unspecified atom stereocenters. The van der Waals surface area contributed by atoms with Gasteiger partial charge in [0, 0.05) is 23.1 Å². The summed E-state index contributed by atoms with van der Waals surface area (Å²) in [5.74, 6) is 0.193. The largest absolute Gasteiger partial charge is 0.484 e. The number of nitrogens with one attached hydrogen (secondary N) is 2. The fraction of sp³-hybridized carbons (Fsp3) is 0.278. The Kier molecular flexibility index (Phi) is 7.49. The van der Waals surface area contributed by atoms with Crippen molar-refractivity contribution in [3.8, 4) is 5.75 Å². The first-order chi connectivity index (χ1) is 12.7. The van der Waals surface area contributed by atoms with Crippen molar-refractivity contribution in [2.75, 3.05) is 19.7 Å². The topological polar surface area (TPSA) is 84.5 Å². The molecule has 0 aliphatic heterocycles. The highest BCUT2D eigenvalue weighted by Crippen LogP contribution is 2.25. The molecule has 2 aromatic rings. The van der Waals surface area contributed by atoms with Gasteiger partial charge in [-0.05, 0) is 61.4 Å². The van der Waals surface area contributed by atoms with E-state index in [2.05, 4.69) is 10.0 Å². The van der Waals surface area contributed by atoms with Crippen molar-refractivity contribution in [3.05, 3.63) is 57.6 Å². The molecule has 27 heavy (non-hydrogen) atoms. The third kappa shape index (κ3) is 6.39. The number of hydrogen-bond acceptors (Lipinski definition) is 4. The third-order valence-corrected chi connectivity index (χ3v) is 5.97. The number of sulfonamides is 1. The smallest absolute Gasteiger partial charge is 0.257 e. The molecule has 0 aliphatic carbocycles. The van der Waals surface area contributed by atoms with Crippen LogP contribution in [0.5, 0.6) is 5.75 Å². The van der Waals surface area contributed by atoms with Crippen molar-refractivity contribution >= 4 is 39.1 Å². The first kappa shape index (κ1) is 21.5. The van der Waals surface area contributed by atoms with Crippen LogP contribution in [0.4, 0.5) is 0 Å². The van der Waals surface area contributed by atoms with Gasteiger partial charge in [-0.1, -0.05) is 23.2 Å². The normalized spacial score (nSPS) is 11.3. The SMILES string of the molecule is Cc1cc(OCC(=O)NCCNS(=O)(=O)c2ccc(Cl)cc2)cc(C)c1Cl. The van der Waals surface area contributed by atoms with Gasteiger partial charge in [0.15, 0.2) is 6.61 Å². The second-order valence-corrected chi connectivity index (χ2v) is 8.44. The van der Waals surface area contributed by atoms with Gasteiger partial charge in [0.1, 0.15) is 5.75 Å². The Hall–Kier alpha value is -1.80. The molecule has 0 saturated heterocycles. The quantitative estimate of drug-likeness (QED) is 0.630. The number of benzene rings is 2. The summed E-state index contributed by atoms with van der Waals surface area (Å²) in [5, 5.41) is 3.71. The van der Waals surface area contributed by atoms with Gasteiger partial charge in [0.2, 0.25) is 10.0 Å². The highest BCUT2D eigenvalue weighted by molar-refractivity contribution is 7.89. The molecule has 0 heterocycles. The molecular weight excluding hydrogens is 411 g/mol. The van der Waals surface area contributed by atoms with Crippen LogP contribution in [0.2, 0.25) is 10.0 Å². The average molecular weight is 431 g/mol. The van der Waals surface area contributed by atoms with E-state index in [1.165, 1.54) is 24.3 Å². The van der Waals surface area contributed by atoms with Crippen LogP contribution >= 0.6 is 23.2 Å². The van der Waals surface area contributed by atoms with Gasteiger partial charge in [-0.15, -0.1) is 0 Å². The van der Waals surface area contributed by atoms with Gasteiger partial charge in [-0.25, -0.2) is 13.1 Å². The predicted molar refractivity (Wildman–Crippen MR) is 106 cm³/mol. The van der Waals surface area contributed by atoms with E-state index in [9.17, 15) is 13.2 Å². The van der Waals surface area contributed by atoms with E-state index in [0.29, 0.717) is 15.8 Å². The third-order valence-electron chi connectivity index (χ3n) is 3.64. The molecule has 0 fully saturated rings. The van der Waals surface area contributed by atoms with Gasteiger partial charge < -0.3 is 10.1 Å². The Bertz CT molecular complexity index is 892. The molecule has 0 aromatic heterocycles. The van der Waals surface area contributed by atoms with Crippen LogP contribution in [0.1, 0.15) is 11.1 Å². The lowest BCUT2D eigenvalue weighted by molar-refractivity contribution is -0.123. The number of carbonyl (C=O) groups excluding carboxylic acids is 1. The maximum absolute atomic E-state index is 12.1. The Morgan fingerprint density at radius 3 is 2.22 bits per heavy atom. The van der Waals surface area contributed by atoms with E-state index in [1.807, 2.05) is 13.8 Å². The Balaban J connectivity index is 1.75. The molecule has 2 rings (SSSR count). The minimum atomic E-state index is -3.65. The first-order valence-corrected chi connectivity index (χ1v) is 10.3. The van der Waals surface area contributed by atoms with E-state index in [0.717, 1.165) is 11.1 Å². The van der Waals surface area contributed by atoms with Gasteiger partial charge >= 0.3 is 0 Å². The van der Waals surface area contributed by atoms with E-state index in [4.69, 9.17) is 27.9 Å². The Labute approximate surface area is 168 Å². The lowest BCUT2D eigenvalue weighted by atomic mass is 10.1. The molecule has 2 N–H and O–H groups in total. The number of aryl methyl sites for hydroxylation is 2. The Morgan fingerprint density at radius 2 is 1.63 bits per heavy atom. The zero-order valence-corrected chi connectivity index (χ0v) is 17.2. The number of rotatable bonds is 8. The summed E-state index contributed by atoms with van der Waals surface area (Å²) in [6.07, 6.45) is 0. The first-order valence-electron chi connectivity index (χ1n) is 8.10. The van der Waals surface area contributed by atoms with Crippen LogP contribution in [-0.4, -0.2) is 34.0 Å². The van der Waals surface area contributed by atoms with Crippen LogP contribution in [0.25, 0.3) is 0 Å². The van der Waals surface area contributed by atoms with Gasteiger partial charge in [-0.3, -0.25) is 4.79 Å². The fourth-order valence-electron chi connectivity index (χ4n) is 2.27. The summed E-state index contributed by atoms with van der Waals surface area (Å²) in [4.78, 5) is 11.9. The molecule has 0 atom stereocenters. The highest BCUT2D eigenvalue weighted by atomic mass is 35.5. The van der Waals surface area contributed by atoms with E-state index >= 15 is 0 Å². The minimum Gasteiger partial charge on any atom is -0.484 e. The average Bonchev–Trinajstić information content (AvgIpc) is 2.62. The maximum Gasteiger partial charge on any atom is 0.257 e. The molecule has 2 aromatic carbocycles. The lowest BCUT2D eigenvalue weighted by Gasteiger charge is -2.11. The van der Waals surface area contributed by atoms with Crippen molar-refractivity contribution in [3.63, 3.8) is 0 Å². The van der Waals surface area contributed by atoms with Crippen molar-refractivity contribution in [2.24, 2.45) is 0 Å². The molecule has 0 radical (unpaired) electrons. The number of halogens is 2. The predicted octanol–water partition coefficient (Wildman–Crippen LogP) is 3.08. The second-order valence-electron chi connectivity index (χ2n) is 5.86. The molecule has 1 amide bonds. The summed E-state index contributed by atoms with van der Waals surface area (Å²) in [5.41, 5.74) is 1.73. The van der Waals surface area contributed by atoms with Crippen LogP contribution in [0, 0.1) is 13.8 Å². The lowest BCUT2D eigenvalue weighted by Crippen LogP contribution is -2.36. The molecule has 0 saturated carbocycles. The van der Waals surface area contributed by atoms with Crippen molar-refractivity contribution in [2.45, 2.75) is 18.7 Å². The van der Waals surface area contributed by atoms with E-state index < -0.39 is 10.0 Å². The zero-order chi connectivity index (χ0) is 20.0. The van der Waals surface area contributed by atoms with Crippen molar-refractivity contribution in [1.82, 2.24) is 10.0 Å². The summed E-state index contributed by atoms with van der Waals surface area (Å²) < 4.78 is 32.0. The number of amides is 1. The standard InChI is InChI=1S/C18H20Cl2N2O4S/c1-12-9-15(10-13(2)18(12)20)26-11-17(23)21-7-8-22-27(24,25)16-5-3-14(19)4-6-16/h3-6,9-10,22H,7-8,11H2,1-2H3,(H,21,23). The number of carbonyl (C=O) groups is 1. The summed E-state index contributed by atoms with van der Waals surface area (Å²) in [7, 11) is -3.65. The zero-order valence-electron chi connectivity index (χ0n) is 14.9. The molecule has 0 aliphatic rings. The fourth-order valence-corrected chi connectivity index (χ4v) is 3.54. The Morgan fingerprint density at radius 1 is 1.04 bits per heavy atom. The van der Waals surface area contributed by atoms with Crippen LogP contribution < -0.4 is 14.8 Å². The maximum atomic E-state index is 12.1. The molecular formula is C18H20Cl2N2O4S. The highest BCUT2D eigenvalue weighted by Gasteiger charge is 2.13. The molecule has 6 nitrogen and oxygen atoms in total.